The highest BCUT2D eigenvalue weighted by Crippen LogP contribution is 2.18. The minimum absolute atomic E-state index is 0.0824. The van der Waals surface area contributed by atoms with Gasteiger partial charge in [0.2, 0.25) is 0 Å². The lowest BCUT2D eigenvalue weighted by Gasteiger charge is -2.29. The number of hydrogen-bond donors (Lipinski definition) is 4. The maximum atomic E-state index is 12.5. The predicted molar refractivity (Wildman–Crippen MR) is 123 cm³/mol. The van der Waals surface area contributed by atoms with E-state index in [1.165, 1.54) is 0 Å². The van der Waals surface area contributed by atoms with Crippen LogP contribution in [0.1, 0.15) is 34.5 Å². The molecule has 1 aliphatic rings. The van der Waals surface area contributed by atoms with Crippen molar-refractivity contribution in [2.24, 2.45) is 0 Å². The van der Waals surface area contributed by atoms with Gasteiger partial charge in [-0.1, -0.05) is 11.6 Å². The molecule has 1 aliphatic heterocycles. The first-order chi connectivity index (χ1) is 17.4. The van der Waals surface area contributed by atoms with Gasteiger partial charge in [-0.3, -0.25) is 14.7 Å². The first-order valence-corrected chi connectivity index (χ1v) is 11.1. The number of benzene rings is 1. The van der Waals surface area contributed by atoms with Crippen molar-refractivity contribution in [2.75, 3.05) is 26.2 Å². The van der Waals surface area contributed by atoms with Crippen LogP contribution in [0.5, 0.6) is 0 Å². The zero-order valence-corrected chi connectivity index (χ0v) is 20.4. The first-order valence-electron chi connectivity index (χ1n) is 11.1. The fourth-order valence-electron chi connectivity index (χ4n) is 3.28. The molecule has 38 heavy (non-hydrogen) atoms. The molecule has 1 aromatic carbocycles. The molecule has 0 saturated carbocycles. The Bertz CT molecular complexity index is 1100. The number of aliphatic hydroxyl groups excluding tert-OH is 1. The molecule has 1 unspecified atom stereocenters. The minimum atomic E-state index is -5.08. The molecular weight excluding hydrogens is 528 g/mol. The van der Waals surface area contributed by atoms with Crippen LogP contribution in [0.4, 0.5) is 26.3 Å². The number of rotatable bonds is 4. The summed E-state index contributed by atoms with van der Waals surface area (Å²) >= 11 is 0. The second kappa shape index (κ2) is 13.9. The van der Waals surface area contributed by atoms with E-state index in [0.717, 1.165) is 48.1 Å². The van der Waals surface area contributed by atoms with Crippen molar-refractivity contribution in [3.8, 4) is 0 Å². The van der Waals surface area contributed by atoms with E-state index in [9.17, 15) is 36.2 Å². The summed E-state index contributed by atoms with van der Waals surface area (Å²) in [5.41, 5.74) is 3.45. The SMILES string of the molecule is Cc1ccc2nc(C)c(C(=O)NCCN3CCCC(O)C3)cc2c1.O=C(O)C(F)(F)F.O=C(O)C(F)(F)F. The average molecular weight is 555 g/mol. The van der Waals surface area contributed by atoms with E-state index in [4.69, 9.17) is 19.8 Å². The predicted octanol–water partition coefficient (Wildman–Crippen LogP) is 3.30. The smallest absolute Gasteiger partial charge is 0.475 e. The van der Waals surface area contributed by atoms with Crippen LogP contribution in [0.2, 0.25) is 0 Å². The van der Waals surface area contributed by atoms with Gasteiger partial charge in [0.1, 0.15) is 0 Å². The number of pyridine rings is 1. The number of alkyl halides is 6. The molecule has 1 amide bonds. The molecule has 0 spiro atoms. The third-order valence-corrected chi connectivity index (χ3v) is 5.08. The molecule has 2 aromatic rings. The number of aromatic nitrogens is 1. The van der Waals surface area contributed by atoms with Gasteiger partial charge in [-0.15, -0.1) is 0 Å². The molecule has 1 fully saturated rings. The van der Waals surface area contributed by atoms with Gasteiger partial charge in [0, 0.05) is 25.0 Å². The van der Waals surface area contributed by atoms with Crippen LogP contribution in [-0.4, -0.2) is 87.7 Å². The first kappa shape index (κ1) is 32.6. The third-order valence-electron chi connectivity index (χ3n) is 5.08. The number of carboxylic acids is 2. The molecule has 4 N–H and O–H groups in total. The van der Waals surface area contributed by atoms with Crippen molar-refractivity contribution in [3.63, 3.8) is 0 Å². The Labute approximate surface area is 213 Å². The van der Waals surface area contributed by atoms with Gasteiger partial charge in [-0.05, 0) is 51.4 Å². The normalized spacial score (nSPS) is 16.0. The number of aliphatic hydroxyl groups is 1. The number of piperidine rings is 1. The minimum Gasteiger partial charge on any atom is -0.475 e. The zero-order valence-electron chi connectivity index (χ0n) is 20.4. The molecule has 1 atom stereocenters. The summed E-state index contributed by atoms with van der Waals surface area (Å²) in [5.74, 6) is -5.60. The lowest BCUT2D eigenvalue weighted by atomic mass is 10.1. The maximum Gasteiger partial charge on any atom is 0.490 e. The topological polar surface area (TPSA) is 140 Å². The van der Waals surface area contributed by atoms with E-state index >= 15 is 0 Å². The molecule has 212 valence electrons. The summed E-state index contributed by atoms with van der Waals surface area (Å²) in [5, 5.41) is 27.9. The van der Waals surface area contributed by atoms with Gasteiger partial charge in [-0.2, -0.15) is 26.3 Å². The molecule has 0 aliphatic carbocycles. The van der Waals surface area contributed by atoms with E-state index in [1.54, 1.807) is 0 Å². The Kier molecular flexibility index (Phi) is 11.9. The van der Waals surface area contributed by atoms with Crippen LogP contribution in [0.25, 0.3) is 10.9 Å². The molecule has 9 nitrogen and oxygen atoms in total. The van der Waals surface area contributed by atoms with Crippen molar-refractivity contribution in [2.45, 2.75) is 45.1 Å². The van der Waals surface area contributed by atoms with Crippen LogP contribution >= 0.6 is 0 Å². The molecule has 1 saturated heterocycles. The summed E-state index contributed by atoms with van der Waals surface area (Å²) in [6, 6.07) is 7.99. The van der Waals surface area contributed by atoms with Gasteiger partial charge in [0.25, 0.3) is 5.91 Å². The molecule has 15 heteroatoms. The Morgan fingerprint density at radius 1 is 1.03 bits per heavy atom. The van der Waals surface area contributed by atoms with E-state index in [-0.39, 0.29) is 12.0 Å². The highest BCUT2D eigenvalue weighted by molar-refractivity contribution is 5.98. The Hall–Kier alpha value is -3.46. The molecule has 2 heterocycles. The zero-order chi connectivity index (χ0) is 29.3. The molecule has 1 aromatic heterocycles. The van der Waals surface area contributed by atoms with E-state index in [0.29, 0.717) is 18.7 Å². The summed E-state index contributed by atoms with van der Waals surface area (Å²) in [6.07, 6.45) is -8.50. The molecule has 3 rings (SSSR count). The van der Waals surface area contributed by atoms with Crippen molar-refractivity contribution in [3.05, 3.63) is 41.1 Å². The van der Waals surface area contributed by atoms with Crippen molar-refractivity contribution >= 4 is 28.7 Å². The number of carbonyl (C=O) groups is 3. The Morgan fingerprint density at radius 2 is 1.58 bits per heavy atom. The number of β-amino-alcohol motifs (C(OH)–C–C–N with tert-alkyl or cyclic N) is 1. The maximum absolute atomic E-state index is 12.5. The summed E-state index contributed by atoms with van der Waals surface area (Å²) in [4.78, 5) is 37.0. The number of hydrogen-bond acceptors (Lipinski definition) is 6. The van der Waals surface area contributed by atoms with Crippen molar-refractivity contribution < 1.29 is 56.0 Å². The van der Waals surface area contributed by atoms with Gasteiger partial charge in [-0.25, -0.2) is 9.59 Å². The highest BCUT2D eigenvalue weighted by Gasteiger charge is 2.38. The van der Waals surface area contributed by atoms with E-state index < -0.39 is 24.3 Å². The number of carbonyl (C=O) groups excluding carboxylic acids is 1. The largest absolute Gasteiger partial charge is 0.490 e. The molecule has 0 radical (unpaired) electrons. The van der Waals surface area contributed by atoms with Crippen LogP contribution in [-0.2, 0) is 9.59 Å². The van der Waals surface area contributed by atoms with Crippen molar-refractivity contribution in [1.82, 2.24) is 15.2 Å². The van der Waals surface area contributed by atoms with E-state index in [1.807, 2.05) is 38.1 Å². The number of carboxylic acid groups (broad SMARTS) is 2. The Balaban J connectivity index is 0.000000426. The standard InChI is InChI=1S/C19H25N3O2.2C2HF3O2/c1-13-5-6-18-15(10-13)11-17(14(2)21-18)19(24)20-7-9-22-8-3-4-16(23)12-22;2*3-2(4,5)1(6)7/h5-6,10-11,16,23H,3-4,7-9,12H2,1-2H3,(H,20,24);2*(H,6,7). The second-order valence-corrected chi connectivity index (χ2v) is 8.28. The summed E-state index contributed by atoms with van der Waals surface area (Å²) < 4.78 is 63.5. The van der Waals surface area contributed by atoms with Crippen LogP contribution in [0, 0.1) is 13.8 Å². The number of aryl methyl sites for hydroxylation is 2. The van der Waals surface area contributed by atoms with E-state index in [2.05, 4.69) is 15.2 Å². The number of likely N-dealkylation sites (tertiary alicyclic amines) is 1. The van der Waals surface area contributed by atoms with Gasteiger partial charge in [0.15, 0.2) is 0 Å². The third kappa shape index (κ3) is 11.3. The highest BCUT2D eigenvalue weighted by atomic mass is 19.4. The summed E-state index contributed by atoms with van der Waals surface area (Å²) in [7, 11) is 0. The van der Waals surface area contributed by atoms with Crippen LogP contribution in [0.15, 0.2) is 24.3 Å². The number of nitrogens with zero attached hydrogens (tertiary/aromatic N) is 2. The number of nitrogens with one attached hydrogen (secondary N) is 1. The van der Waals surface area contributed by atoms with Crippen LogP contribution < -0.4 is 5.32 Å². The fraction of sp³-hybridized carbons (Fsp3) is 0.478. The monoisotopic (exact) mass is 555 g/mol. The number of amides is 1. The number of aliphatic carboxylic acids is 2. The van der Waals surface area contributed by atoms with Gasteiger partial charge >= 0.3 is 24.3 Å². The van der Waals surface area contributed by atoms with Crippen LogP contribution in [0.3, 0.4) is 0 Å². The van der Waals surface area contributed by atoms with Gasteiger partial charge < -0.3 is 20.6 Å². The molecular formula is C23H27F6N3O6. The lowest BCUT2D eigenvalue weighted by Crippen LogP contribution is -2.42. The second-order valence-electron chi connectivity index (χ2n) is 8.28. The quantitative estimate of drug-likeness (QED) is 0.422. The Morgan fingerprint density at radius 3 is 2.08 bits per heavy atom. The molecule has 0 bridgehead atoms. The summed E-state index contributed by atoms with van der Waals surface area (Å²) in [6.45, 7) is 6.94. The average Bonchev–Trinajstić information content (AvgIpc) is 2.78. The lowest BCUT2D eigenvalue weighted by molar-refractivity contribution is -0.193. The fourth-order valence-corrected chi connectivity index (χ4v) is 3.28. The van der Waals surface area contributed by atoms with Crippen molar-refractivity contribution in [1.29, 1.82) is 0 Å². The number of halogens is 6. The van der Waals surface area contributed by atoms with Gasteiger partial charge in [0.05, 0.1) is 22.9 Å². The number of fused-ring (bicyclic) bond motifs is 1.